The maximum atomic E-state index is 10.9. The molecule has 10 nitrogen and oxygen atoms in total. The van der Waals surface area contributed by atoms with Crippen LogP contribution in [0.4, 0.5) is 5.95 Å². The molecule has 0 spiro atoms. The summed E-state index contributed by atoms with van der Waals surface area (Å²) in [6, 6.07) is 0. The Kier molecular flexibility index (Phi) is 2.75. The molecule has 0 atom stereocenters. The Morgan fingerprint density at radius 1 is 1.67 bits per heavy atom. The van der Waals surface area contributed by atoms with E-state index in [1.165, 1.54) is 0 Å². The lowest BCUT2D eigenvalue weighted by molar-refractivity contribution is -0.394. The third kappa shape index (κ3) is 2.03. The fraction of sp³-hybridized carbons (Fsp3) is 0.250. The highest BCUT2D eigenvalue weighted by Gasteiger charge is 2.22. The van der Waals surface area contributed by atoms with Gasteiger partial charge in [0, 0.05) is 5.10 Å². The van der Waals surface area contributed by atoms with Crippen molar-refractivity contribution in [3.63, 3.8) is 0 Å². The highest BCUT2D eigenvalue weighted by atomic mass is 16.6. The van der Waals surface area contributed by atoms with Crippen molar-refractivity contribution in [1.82, 2.24) is 19.9 Å². The lowest BCUT2D eigenvalue weighted by Crippen LogP contribution is -2.07. The van der Waals surface area contributed by atoms with Crippen molar-refractivity contribution >= 4 is 11.9 Å². The molecule has 0 bridgehead atoms. The molecule has 18 heavy (non-hydrogen) atoms. The number of rotatable bonds is 4. The molecule has 0 unspecified atom stereocenters. The van der Waals surface area contributed by atoms with E-state index in [-0.39, 0.29) is 12.2 Å². The van der Waals surface area contributed by atoms with Crippen LogP contribution in [0.15, 0.2) is 10.9 Å². The van der Waals surface area contributed by atoms with Gasteiger partial charge in [-0.25, -0.2) is 4.79 Å². The Labute approximate surface area is 99.0 Å². The second-order valence-electron chi connectivity index (χ2n) is 3.37. The normalized spacial score (nSPS) is 10.5. The molecule has 0 aliphatic heterocycles. The van der Waals surface area contributed by atoms with Gasteiger partial charge < -0.3 is 19.7 Å². The largest absolute Gasteiger partial charge is 0.490 e. The van der Waals surface area contributed by atoms with Gasteiger partial charge in [-0.2, -0.15) is 4.68 Å². The van der Waals surface area contributed by atoms with Crippen LogP contribution in [0.2, 0.25) is 0 Å². The minimum atomic E-state index is -1.24. The summed E-state index contributed by atoms with van der Waals surface area (Å²) in [4.78, 5) is 24.0. The maximum absolute atomic E-state index is 10.9. The highest BCUT2D eigenvalue weighted by Crippen LogP contribution is 2.15. The van der Waals surface area contributed by atoms with Crippen molar-refractivity contribution in [1.29, 1.82) is 0 Å². The lowest BCUT2D eigenvalue weighted by atomic mass is 10.2. The van der Waals surface area contributed by atoms with Crippen molar-refractivity contribution in [3.8, 4) is 0 Å². The van der Waals surface area contributed by atoms with Crippen LogP contribution in [-0.4, -0.2) is 35.9 Å². The van der Waals surface area contributed by atoms with Gasteiger partial charge in [0.1, 0.15) is 5.76 Å². The molecular weight excluding hydrogens is 246 g/mol. The first-order chi connectivity index (χ1) is 8.49. The van der Waals surface area contributed by atoms with Crippen LogP contribution in [0.3, 0.4) is 0 Å². The average molecular weight is 253 g/mol. The van der Waals surface area contributed by atoms with Gasteiger partial charge in [-0.05, 0) is 11.8 Å². The Bertz CT molecular complexity index is 615. The number of carboxylic acids is 1. The van der Waals surface area contributed by atoms with Crippen molar-refractivity contribution in [3.05, 3.63) is 33.5 Å². The molecule has 0 saturated carbocycles. The van der Waals surface area contributed by atoms with E-state index in [9.17, 15) is 14.9 Å². The maximum Gasteiger partial charge on any atom is 0.490 e. The van der Waals surface area contributed by atoms with Crippen LogP contribution in [0, 0.1) is 17.0 Å². The number of carbonyl (C=O) groups is 1. The molecule has 0 radical (unpaired) electrons. The van der Waals surface area contributed by atoms with E-state index in [0.717, 1.165) is 11.0 Å². The van der Waals surface area contributed by atoms with E-state index in [1.54, 1.807) is 6.92 Å². The molecule has 2 heterocycles. The van der Waals surface area contributed by atoms with Crippen LogP contribution in [0.5, 0.6) is 0 Å². The zero-order valence-electron chi connectivity index (χ0n) is 9.10. The van der Waals surface area contributed by atoms with E-state index in [1.807, 2.05) is 0 Å². The standard InChI is InChI=1S/C8H7N5O5/c1-4-5(6(7(14)15)11-18-4)2-12-3-9-8(10-12)13(16)17/h3H,2H2,1H3,(H,14,15). The van der Waals surface area contributed by atoms with Gasteiger partial charge in [0.25, 0.3) is 0 Å². The topological polar surface area (TPSA) is 137 Å². The molecule has 2 aromatic rings. The summed E-state index contributed by atoms with van der Waals surface area (Å²) in [5, 5.41) is 26.2. The number of nitro groups is 1. The Morgan fingerprint density at radius 2 is 2.39 bits per heavy atom. The summed E-state index contributed by atoms with van der Waals surface area (Å²) < 4.78 is 5.90. The Hall–Kier alpha value is -2.78. The zero-order chi connectivity index (χ0) is 13.3. The number of aromatic carboxylic acids is 1. The van der Waals surface area contributed by atoms with E-state index in [0.29, 0.717) is 11.3 Å². The van der Waals surface area contributed by atoms with Crippen LogP contribution in [0.1, 0.15) is 21.8 Å². The molecule has 1 N–H and O–H groups in total. The van der Waals surface area contributed by atoms with Gasteiger partial charge >= 0.3 is 11.9 Å². The predicted octanol–water partition coefficient (Wildman–Crippen LogP) is 0.229. The second kappa shape index (κ2) is 4.24. The zero-order valence-corrected chi connectivity index (χ0v) is 9.10. The molecule has 0 fully saturated rings. The molecule has 0 saturated heterocycles. The quantitative estimate of drug-likeness (QED) is 0.603. The molecule has 10 heteroatoms. The van der Waals surface area contributed by atoms with Gasteiger partial charge in [-0.1, -0.05) is 10.1 Å². The minimum Gasteiger partial charge on any atom is -0.476 e. The molecule has 0 aromatic carbocycles. The fourth-order valence-electron chi connectivity index (χ4n) is 1.35. The lowest BCUT2D eigenvalue weighted by Gasteiger charge is -1.96. The summed E-state index contributed by atoms with van der Waals surface area (Å²) in [6.07, 6.45) is 1.14. The van der Waals surface area contributed by atoms with E-state index >= 15 is 0 Å². The highest BCUT2D eigenvalue weighted by molar-refractivity contribution is 5.87. The van der Waals surface area contributed by atoms with Crippen molar-refractivity contribution < 1.29 is 19.3 Å². The first kappa shape index (κ1) is 11.7. The molecule has 2 aromatic heterocycles. The van der Waals surface area contributed by atoms with E-state index in [4.69, 9.17) is 9.63 Å². The number of hydrogen-bond donors (Lipinski definition) is 1. The Balaban J connectivity index is 2.30. The van der Waals surface area contributed by atoms with Gasteiger partial charge in [0.05, 0.1) is 12.1 Å². The molecule has 2 rings (SSSR count). The minimum absolute atomic E-state index is 0.0161. The van der Waals surface area contributed by atoms with Gasteiger partial charge in [-0.15, -0.1) is 0 Å². The molecule has 94 valence electrons. The third-order valence-corrected chi connectivity index (χ3v) is 2.20. The monoisotopic (exact) mass is 253 g/mol. The number of aryl methyl sites for hydroxylation is 1. The smallest absolute Gasteiger partial charge is 0.476 e. The molecule has 0 aliphatic carbocycles. The van der Waals surface area contributed by atoms with Gasteiger partial charge in [-0.3, -0.25) is 0 Å². The summed E-state index contributed by atoms with van der Waals surface area (Å²) in [7, 11) is 0. The summed E-state index contributed by atoms with van der Waals surface area (Å²) in [5.74, 6) is -1.48. The van der Waals surface area contributed by atoms with Gasteiger partial charge in [0.15, 0.2) is 5.69 Å². The van der Waals surface area contributed by atoms with Crippen LogP contribution >= 0.6 is 0 Å². The first-order valence-corrected chi connectivity index (χ1v) is 4.71. The number of nitrogens with zero attached hydrogens (tertiary/aromatic N) is 5. The molecule has 0 amide bonds. The predicted molar refractivity (Wildman–Crippen MR) is 54.0 cm³/mol. The number of hydrogen-bond acceptors (Lipinski definition) is 7. The van der Waals surface area contributed by atoms with Crippen LogP contribution < -0.4 is 0 Å². The van der Waals surface area contributed by atoms with Crippen molar-refractivity contribution in [2.24, 2.45) is 0 Å². The summed E-state index contributed by atoms with van der Waals surface area (Å²) in [5.41, 5.74) is 0.0490. The molecule has 0 aliphatic rings. The van der Waals surface area contributed by atoms with Crippen LogP contribution in [-0.2, 0) is 6.54 Å². The SMILES string of the molecule is Cc1onc(C(=O)O)c1Cn1cnc([N+](=O)[O-])n1. The third-order valence-electron chi connectivity index (χ3n) is 2.20. The average Bonchev–Trinajstić information content (AvgIpc) is 2.88. The molecular formula is C8H7N5O5. The van der Waals surface area contributed by atoms with Crippen molar-refractivity contribution in [2.45, 2.75) is 13.5 Å². The number of aromatic nitrogens is 4. The van der Waals surface area contributed by atoms with E-state index in [2.05, 4.69) is 15.2 Å². The summed E-state index contributed by atoms with van der Waals surface area (Å²) >= 11 is 0. The van der Waals surface area contributed by atoms with Crippen LogP contribution in [0.25, 0.3) is 0 Å². The fourth-order valence-corrected chi connectivity index (χ4v) is 1.35. The Morgan fingerprint density at radius 3 is 2.94 bits per heavy atom. The van der Waals surface area contributed by atoms with E-state index < -0.39 is 16.8 Å². The first-order valence-electron chi connectivity index (χ1n) is 4.71. The second-order valence-corrected chi connectivity index (χ2v) is 3.37. The van der Waals surface area contributed by atoms with Crippen molar-refractivity contribution in [2.75, 3.05) is 0 Å². The number of carboxylic acid groups (broad SMARTS) is 1. The van der Waals surface area contributed by atoms with Gasteiger partial charge in [0.2, 0.25) is 6.33 Å². The summed E-state index contributed by atoms with van der Waals surface area (Å²) in [6.45, 7) is 1.53.